The van der Waals surface area contributed by atoms with Gasteiger partial charge in [-0.2, -0.15) is 0 Å². The van der Waals surface area contributed by atoms with Crippen molar-refractivity contribution in [3.8, 4) is 5.75 Å². The van der Waals surface area contributed by atoms with Crippen molar-refractivity contribution in [2.45, 2.75) is 31.2 Å². The van der Waals surface area contributed by atoms with E-state index in [0.29, 0.717) is 12.0 Å². The number of pyridine rings is 1. The van der Waals surface area contributed by atoms with Crippen LogP contribution in [0.5, 0.6) is 5.75 Å². The Morgan fingerprint density at radius 1 is 1.23 bits per heavy atom. The summed E-state index contributed by atoms with van der Waals surface area (Å²) in [5, 5.41) is 6.06. The first-order valence-corrected chi connectivity index (χ1v) is 10.9. The summed E-state index contributed by atoms with van der Waals surface area (Å²) in [6, 6.07) is 7.91. The number of ketones is 1. The number of Topliss-reactive ketones (excluding diaryl/α,β-unsaturated/α-hetero) is 1. The summed E-state index contributed by atoms with van der Waals surface area (Å²) in [6.07, 6.45) is 4.39. The van der Waals surface area contributed by atoms with Crippen LogP contribution in [0.2, 0.25) is 5.02 Å². The number of fused-ring (bicyclic) bond motifs is 1. The molecule has 3 fully saturated rings. The first kappa shape index (κ1) is 19.5. The average molecular weight is 445 g/mol. The van der Waals surface area contributed by atoms with Crippen LogP contribution >= 0.6 is 22.9 Å². The van der Waals surface area contributed by atoms with Crippen LogP contribution in [0.3, 0.4) is 0 Å². The highest BCUT2D eigenvalue weighted by Crippen LogP contribution is 2.69. The number of nitrogens with one attached hydrogen (secondary N) is 1. The number of benzene rings is 1. The molecule has 6 rings (SSSR count). The molecule has 1 amide bonds. The zero-order valence-electron chi connectivity index (χ0n) is 15.9. The maximum atomic E-state index is 13.4. The molecule has 154 valence electrons. The van der Waals surface area contributed by atoms with Gasteiger partial charge in [0, 0.05) is 29.6 Å². The lowest BCUT2D eigenvalue weighted by molar-refractivity contribution is -0.162. The predicted octanol–water partition coefficient (Wildman–Crippen LogP) is 4.78. The Labute approximate surface area is 181 Å². The average Bonchev–Trinajstić information content (AvgIpc) is 3.14. The van der Waals surface area contributed by atoms with Gasteiger partial charge in [-0.25, -0.2) is 9.37 Å². The third-order valence-electron chi connectivity index (χ3n) is 5.95. The van der Waals surface area contributed by atoms with Crippen LogP contribution in [0.15, 0.2) is 41.9 Å². The van der Waals surface area contributed by atoms with Crippen molar-refractivity contribution in [3.05, 3.63) is 58.3 Å². The molecule has 30 heavy (non-hydrogen) atoms. The lowest BCUT2D eigenvalue weighted by atomic mass is 9.38. The van der Waals surface area contributed by atoms with Gasteiger partial charge in [-0.3, -0.25) is 9.59 Å². The van der Waals surface area contributed by atoms with Crippen molar-refractivity contribution in [1.29, 1.82) is 0 Å². The molecule has 0 unspecified atom stereocenters. The summed E-state index contributed by atoms with van der Waals surface area (Å²) in [5.74, 6) is -0.449. The Balaban J connectivity index is 1.11. The molecule has 2 bridgehead atoms. The molecule has 0 atom stereocenters. The molecule has 8 heteroatoms. The summed E-state index contributed by atoms with van der Waals surface area (Å²) < 4.78 is 18.8. The minimum absolute atomic E-state index is 0.0147. The van der Waals surface area contributed by atoms with Gasteiger partial charge in [0.2, 0.25) is 0 Å². The first-order chi connectivity index (χ1) is 14.4. The Kier molecular flexibility index (Phi) is 4.56. The van der Waals surface area contributed by atoms with Gasteiger partial charge in [-0.15, -0.1) is 11.3 Å². The molecule has 2 aromatic heterocycles. The van der Waals surface area contributed by atoms with E-state index in [9.17, 15) is 14.0 Å². The lowest BCUT2D eigenvalue weighted by Crippen LogP contribution is -2.75. The smallest absolute Gasteiger partial charge is 0.253 e. The maximum absolute atomic E-state index is 13.4. The van der Waals surface area contributed by atoms with Crippen LogP contribution in [-0.2, 0) is 4.79 Å². The number of carbonyl (C=O) groups excluding carboxylic acids is 2. The van der Waals surface area contributed by atoms with Gasteiger partial charge in [0.25, 0.3) is 5.91 Å². The van der Waals surface area contributed by atoms with Gasteiger partial charge in [0.15, 0.2) is 5.78 Å². The van der Waals surface area contributed by atoms with E-state index in [2.05, 4.69) is 10.3 Å². The number of amides is 1. The van der Waals surface area contributed by atoms with E-state index < -0.39 is 5.82 Å². The Hall–Kier alpha value is -2.51. The highest BCUT2D eigenvalue weighted by molar-refractivity contribution is 7.16. The number of hydrogen-bond acceptors (Lipinski definition) is 5. The summed E-state index contributed by atoms with van der Waals surface area (Å²) >= 11 is 7.18. The molecule has 1 N–H and O–H groups in total. The normalized spacial score (nSPS) is 24.1. The molecule has 2 heterocycles. The van der Waals surface area contributed by atoms with Crippen molar-refractivity contribution >= 4 is 44.8 Å². The standard InChI is InChI=1S/C22H18ClFN2O3S/c23-17-2-1-16(6-18(17)24)29-9-15(27)7-21-10-22(11-21,12-21)26-19(28)14-5-13-3-4-30-20(13)25-8-14/h1-6,8H,7,9-12H2,(H,26,28). The summed E-state index contributed by atoms with van der Waals surface area (Å²) in [5.41, 5.74) is 0.301. The molecular formula is C22H18ClFN2O3S. The molecule has 0 aliphatic heterocycles. The Morgan fingerprint density at radius 3 is 2.80 bits per heavy atom. The molecule has 3 aromatic rings. The number of thiophene rings is 1. The number of rotatable bonds is 7. The predicted molar refractivity (Wildman–Crippen MR) is 113 cm³/mol. The largest absolute Gasteiger partial charge is 0.486 e. The van der Waals surface area contributed by atoms with Gasteiger partial charge in [0.05, 0.1) is 10.6 Å². The lowest BCUT2D eigenvalue weighted by Gasteiger charge is -2.70. The van der Waals surface area contributed by atoms with E-state index in [1.54, 1.807) is 17.5 Å². The summed E-state index contributed by atoms with van der Waals surface area (Å²) in [7, 11) is 0. The maximum Gasteiger partial charge on any atom is 0.253 e. The quantitative estimate of drug-likeness (QED) is 0.569. The fraction of sp³-hybridized carbons (Fsp3) is 0.318. The minimum Gasteiger partial charge on any atom is -0.486 e. The summed E-state index contributed by atoms with van der Waals surface area (Å²) in [6.45, 7) is -0.103. The van der Waals surface area contributed by atoms with E-state index in [4.69, 9.17) is 16.3 Å². The zero-order chi connectivity index (χ0) is 20.9. The highest BCUT2D eigenvalue weighted by atomic mass is 35.5. The Morgan fingerprint density at radius 2 is 2.03 bits per heavy atom. The van der Waals surface area contributed by atoms with Crippen molar-refractivity contribution < 1.29 is 18.7 Å². The van der Waals surface area contributed by atoms with E-state index in [1.807, 2.05) is 17.5 Å². The molecule has 0 saturated heterocycles. The van der Waals surface area contributed by atoms with Crippen molar-refractivity contribution in [1.82, 2.24) is 10.3 Å². The van der Waals surface area contributed by atoms with Gasteiger partial charge in [-0.1, -0.05) is 11.6 Å². The van der Waals surface area contributed by atoms with Crippen molar-refractivity contribution in [2.24, 2.45) is 5.41 Å². The number of aromatic nitrogens is 1. The second-order valence-corrected chi connectivity index (χ2v) is 9.69. The molecular weight excluding hydrogens is 427 g/mol. The van der Waals surface area contributed by atoms with E-state index in [1.165, 1.54) is 18.2 Å². The molecule has 0 spiro atoms. The van der Waals surface area contributed by atoms with Gasteiger partial charge in [0.1, 0.15) is 23.0 Å². The molecule has 5 nitrogen and oxygen atoms in total. The third-order valence-corrected chi connectivity index (χ3v) is 7.09. The zero-order valence-corrected chi connectivity index (χ0v) is 17.5. The van der Waals surface area contributed by atoms with Crippen LogP contribution in [0.1, 0.15) is 36.0 Å². The number of nitrogens with zero attached hydrogens (tertiary/aromatic N) is 1. The van der Waals surface area contributed by atoms with Crippen LogP contribution in [0.4, 0.5) is 4.39 Å². The number of carbonyl (C=O) groups is 2. The highest BCUT2D eigenvalue weighted by Gasteiger charge is 2.68. The van der Waals surface area contributed by atoms with Crippen LogP contribution in [0.25, 0.3) is 10.2 Å². The van der Waals surface area contributed by atoms with E-state index in [0.717, 1.165) is 29.5 Å². The molecule has 3 aliphatic carbocycles. The van der Waals surface area contributed by atoms with Crippen molar-refractivity contribution in [2.75, 3.05) is 6.61 Å². The molecule has 3 aliphatic rings. The second-order valence-electron chi connectivity index (χ2n) is 8.38. The van der Waals surface area contributed by atoms with Gasteiger partial charge < -0.3 is 10.1 Å². The molecule has 1 aromatic carbocycles. The summed E-state index contributed by atoms with van der Waals surface area (Å²) in [4.78, 5) is 30.2. The molecule has 0 radical (unpaired) electrons. The second kappa shape index (κ2) is 7.03. The van der Waals surface area contributed by atoms with E-state index >= 15 is 0 Å². The first-order valence-electron chi connectivity index (χ1n) is 9.61. The SMILES string of the molecule is O=C(COc1ccc(Cl)c(F)c1)CC12CC(NC(=O)c3cnc4sccc4c3)(C1)C2. The molecule has 3 saturated carbocycles. The van der Waals surface area contributed by atoms with Gasteiger partial charge >= 0.3 is 0 Å². The van der Waals surface area contributed by atoms with Crippen LogP contribution < -0.4 is 10.1 Å². The fourth-order valence-corrected chi connectivity index (χ4v) is 5.65. The third kappa shape index (κ3) is 3.46. The van der Waals surface area contributed by atoms with Crippen LogP contribution in [-0.4, -0.2) is 28.8 Å². The number of ether oxygens (including phenoxy) is 1. The number of halogens is 2. The fourth-order valence-electron chi connectivity index (χ4n) is 4.81. The van der Waals surface area contributed by atoms with Crippen LogP contribution in [0, 0.1) is 11.2 Å². The number of hydrogen-bond donors (Lipinski definition) is 1. The van der Waals surface area contributed by atoms with Crippen molar-refractivity contribution in [3.63, 3.8) is 0 Å². The Bertz CT molecular complexity index is 1160. The minimum atomic E-state index is -0.577. The van der Waals surface area contributed by atoms with Gasteiger partial charge in [-0.05, 0) is 54.3 Å². The monoisotopic (exact) mass is 444 g/mol. The van der Waals surface area contributed by atoms with E-state index in [-0.39, 0.29) is 40.0 Å². The topological polar surface area (TPSA) is 68.3 Å².